The van der Waals surface area contributed by atoms with E-state index in [2.05, 4.69) is 29.4 Å². The molecule has 2 heterocycles. The van der Waals surface area contributed by atoms with E-state index in [1.165, 1.54) is 11.1 Å². The predicted molar refractivity (Wildman–Crippen MR) is 110 cm³/mol. The zero-order chi connectivity index (χ0) is 19.8. The maximum absolute atomic E-state index is 12.0. The molecule has 0 bridgehead atoms. The number of fused-ring (bicyclic) bond motifs is 2. The first-order valence-corrected chi connectivity index (χ1v) is 10.2. The fraction of sp³-hybridized carbons (Fsp3) is 0.435. The van der Waals surface area contributed by atoms with Gasteiger partial charge in [-0.3, -0.25) is 14.6 Å². The van der Waals surface area contributed by atoms with Crippen LogP contribution in [-0.2, 0) is 22.4 Å². The Morgan fingerprint density at radius 2 is 2.07 bits per heavy atom. The molecule has 4 rings (SSSR count). The Labute approximate surface area is 166 Å². The van der Waals surface area contributed by atoms with Crippen LogP contribution in [-0.4, -0.2) is 23.8 Å². The molecule has 2 amide bonds. The van der Waals surface area contributed by atoms with E-state index < -0.39 is 0 Å². The summed E-state index contributed by atoms with van der Waals surface area (Å²) in [4.78, 5) is 30.3. The van der Waals surface area contributed by atoms with Crippen molar-refractivity contribution in [3.05, 3.63) is 47.3 Å². The lowest BCUT2D eigenvalue weighted by Gasteiger charge is -2.33. The highest BCUT2D eigenvalue weighted by Crippen LogP contribution is 2.40. The monoisotopic (exact) mass is 377 g/mol. The number of hydrogen-bond acceptors (Lipinski definition) is 3. The number of nitrogens with zero attached hydrogens (tertiary/aromatic N) is 2. The Bertz CT molecular complexity index is 937. The lowest BCUT2D eigenvalue weighted by atomic mass is 9.78. The van der Waals surface area contributed by atoms with Crippen LogP contribution in [0.15, 0.2) is 30.6 Å². The van der Waals surface area contributed by atoms with Gasteiger partial charge in [0.15, 0.2) is 0 Å². The van der Waals surface area contributed by atoms with Gasteiger partial charge in [-0.25, -0.2) is 0 Å². The quantitative estimate of drug-likeness (QED) is 0.885. The lowest BCUT2D eigenvalue weighted by Crippen LogP contribution is -2.35. The van der Waals surface area contributed by atoms with E-state index in [0.717, 1.165) is 41.6 Å². The number of nitrogens with one attached hydrogen (secondary N) is 1. The topological polar surface area (TPSA) is 62.3 Å². The van der Waals surface area contributed by atoms with E-state index in [9.17, 15) is 9.59 Å². The predicted octanol–water partition coefficient (Wildman–Crippen LogP) is 3.81. The van der Waals surface area contributed by atoms with E-state index in [0.29, 0.717) is 18.8 Å². The molecule has 28 heavy (non-hydrogen) atoms. The van der Waals surface area contributed by atoms with Crippen LogP contribution in [0.2, 0.25) is 0 Å². The molecule has 1 aliphatic heterocycles. The number of anilines is 1. The van der Waals surface area contributed by atoms with Gasteiger partial charge in [-0.1, -0.05) is 19.9 Å². The van der Waals surface area contributed by atoms with Crippen molar-refractivity contribution in [3.63, 3.8) is 0 Å². The molecule has 0 fully saturated rings. The molecule has 2 atom stereocenters. The summed E-state index contributed by atoms with van der Waals surface area (Å²) in [5, 5.41) is 3.19. The Balaban J connectivity index is 1.75. The third-order valence-electron chi connectivity index (χ3n) is 6.22. The summed E-state index contributed by atoms with van der Waals surface area (Å²) < 4.78 is 0. The lowest BCUT2D eigenvalue weighted by molar-refractivity contribution is -0.122. The fourth-order valence-electron chi connectivity index (χ4n) is 4.46. The maximum atomic E-state index is 12.0. The zero-order valence-electron chi connectivity index (χ0n) is 16.8. The second kappa shape index (κ2) is 7.38. The van der Waals surface area contributed by atoms with Crippen LogP contribution in [0.1, 0.15) is 55.8 Å². The van der Waals surface area contributed by atoms with E-state index >= 15 is 0 Å². The van der Waals surface area contributed by atoms with Gasteiger partial charge in [-0.2, -0.15) is 0 Å². The van der Waals surface area contributed by atoms with Gasteiger partial charge >= 0.3 is 0 Å². The number of benzene rings is 1. The third-order valence-corrected chi connectivity index (χ3v) is 6.22. The first kappa shape index (κ1) is 18.7. The molecule has 0 radical (unpaired) electrons. The summed E-state index contributed by atoms with van der Waals surface area (Å²) in [6.07, 6.45) is 7.71. The minimum Gasteiger partial charge on any atom is -0.349 e. The van der Waals surface area contributed by atoms with Crippen LogP contribution in [0.5, 0.6) is 0 Å². The van der Waals surface area contributed by atoms with E-state index in [4.69, 9.17) is 0 Å². The highest BCUT2D eigenvalue weighted by atomic mass is 16.2. The van der Waals surface area contributed by atoms with Crippen LogP contribution in [0, 0.1) is 5.92 Å². The molecule has 1 unspecified atom stereocenters. The number of aromatic nitrogens is 1. The molecule has 1 N–H and O–H groups in total. The van der Waals surface area contributed by atoms with Crippen LogP contribution in [0.3, 0.4) is 0 Å². The minimum atomic E-state index is 0.0185. The molecule has 146 valence electrons. The van der Waals surface area contributed by atoms with Gasteiger partial charge < -0.3 is 10.2 Å². The van der Waals surface area contributed by atoms with E-state index in [-0.39, 0.29) is 17.9 Å². The Morgan fingerprint density at radius 3 is 2.86 bits per heavy atom. The average Bonchev–Trinajstić information content (AvgIpc) is 2.72. The number of amides is 2. The van der Waals surface area contributed by atoms with Gasteiger partial charge in [0, 0.05) is 43.5 Å². The van der Waals surface area contributed by atoms with Crippen molar-refractivity contribution in [2.24, 2.45) is 5.92 Å². The van der Waals surface area contributed by atoms with Crippen molar-refractivity contribution < 1.29 is 9.59 Å². The fourth-order valence-corrected chi connectivity index (χ4v) is 4.46. The number of hydrogen-bond donors (Lipinski definition) is 1. The van der Waals surface area contributed by atoms with Gasteiger partial charge in [0.25, 0.3) is 0 Å². The molecular weight excluding hydrogens is 350 g/mol. The summed E-state index contributed by atoms with van der Waals surface area (Å²) in [6, 6.07) is 6.35. The van der Waals surface area contributed by atoms with Crippen LogP contribution < -0.4 is 10.2 Å². The van der Waals surface area contributed by atoms with Crippen molar-refractivity contribution in [2.75, 3.05) is 11.9 Å². The smallest absolute Gasteiger partial charge is 0.227 e. The number of aryl methyl sites for hydroxylation is 1. The van der Waals surface area contributed by atoms with Crippen molar-refractivity contribution in [2.45, 2.75) is 52.0 Å². The largest absolute Gasteiger partial charge is 0.349 e. The van der Waals surface area contributed by atoms with Crippen molar-refractivity contribution in [3.8, 4) is 11.1 Å². The van der Waals surface area contributed by atoms with Gasteiger partial charge in [0.1, 0.15) is 0 Å². The molecule has 1 aromatic heterocycles. The molecule has 5 nitrogen and oxygen atoms in total. The van der Waals surface area contributed by atoms with Gasteiger partial charge in [-0.05, 0) is 59.6 Å². The van der Waals surface area contributed by atoms with Crippen molar-refractivity contribution in [1.82, 2.24) is 10.3 Å². The second-order valence-corrected chi connectivity index (χ2v) is 7.97. The number of rotatable bonds is 3. The zero-order valence-corrected chi connectivity index (χ0v) is 16.8. The number of carbonyl (C=O) groups is 2. The highest BCUT2D eigenvalue weighted by molar-refractivity contribution is 5.96. The Morgan fingerprint density at radius 1 is 1.25 bits per heavy atom. The minimum absolute atomic E-state index is 0.0185. The van der Waals surface area contributed by atoms with Crippen LogP contribution in [0.25, 0.3) is 11.1 Å². The molecular formula is C23H27N3O2. The molecule has 5 heteroatoms. The van der Waals surface area contributed by atoms with Crippen LogP contribution in [0.4, 0.5) is 5.69 Å². The molecule has 2 aromatic rings. The summed E-state index contributed by atoms with van der Waals surface area (Å²) in [5.74, 6) is 0.641. The first-order valence-electron chi connectivity index (χ1n) is 10.2. The average molecular weight is 377 g/mol. The number of carbonyl (C=O) groups excluding carboxylic acids is 2. The van der Waals surface area contributed by atoms with Crippen LogP contribution >= 0.6 is 0 Å². The maximum Gasteiger partial charge on any atom is 0.227 e. The van der Waals surface area contributed by atoms with E-state index in [1.54, 1.807) is 4.90 Å². The SMILES string of the molecule is CCC(=O)N[C@@H]1c2cncc(-c3ccc4c(c3)CCC(=O)N4C)c2CCC1C. The molecule has 0 saturated heterocycles. The molecule has 2 aliphatic rings. The third kappa shape index (κ3) is 3.19. The molecule has 1 aromatic carbocycles. The molecule has 0 saturated carbocycles. The molecule has 0 spiro atoms. The Kier molecular flexibility index (Phi) is 4.92. The van der Waals surface area contributed by atoms with Crippen molar-refractivity contribution in [1.29, 1.82) is 0 Å². The van der Waals surface area contributed by atoms with Crippen molar-refractivity contribution >= 4 is 17.5 Å². The summed E-state index contributed by atoms with van der Waals surface area (Å²) in [5.41, 5.74) is 6.91. The summed E-state index contributed by atoms with van der Waals surface area (Å²) in [6.45, 7) is 4.08. The normalized spacial score (nSPS) is 21.1. The van der Waals surface area contributed by atoms with Gasteiger partial charge in [0.2, 0.25) is 11.8 Å². The van der Waals surface area contributed by atoms with Gasteiger partial charge in [-0.15, -0.1) is 0 Å². The van der Waals surface area contributed by atoms with Gasteiger partial charge in [0.05, 0.1) is 6.04 Å². The number of pyridine rings is 1. The molecule has 1 aliphatic carbocycles. The summed E-state index contributed by atoms with van der Waals surface area (Å²) >= 11 is 0. The first-order chi connectivity index (χ1) is 13.5. The van der Waals surface area contributed by atoms with E-state index in [1.807, 2.05) is 32.4 Å². The standard InChI is InChI=1S/C23H27N3O2/c1-4-21(27)25-23-14(2)5-8-17-18(12-24-13-19(17)23)15-6-9-20-16(11-15)7-10-22(28)26(20)3/h6,9,11-14,23H,4-5,7-8,10H2,1-3H3,(H,25,27)/t14?,23-/m0/s1. The second-order valence-electron chi connectivity index (χ2n) is 7.97. The summed E-state index contributed by atoms with van der Waals surface area (Å²) in [7, 11) is 1.84. The Hall–Kier alpha value is -2.69. The highest BCUT2D eigenvalue weighted by Gasteiger charge is 2.30.